The first-order valence-electron chi connectivity index (χ1n) is 9.79. The minimum absolute atomic E-state index is 0.00186. The second-order valence-corrected chi connectivity index (χ2v) is 7.47. The molecule has 0 saturated carbocycles. The summed E-state index contributed by atoms with van der Waals surface area (Å²) in [5, 5.41) is 4.54. The number of nitrogens with zero attached hydrogens (tertiary/aromatic N) is 5. The summed E-state index contributed by atoms with van der Waals surface area (Å²) in [5.74, 6) is -0.324. The van der Waals surface area contributed by atoms with Gasteiger partial charge in [0.25, 0.3) is 11.6 Å². The van der Waals surface area contributed by atoms with Gasteiger partial charge < -0.3 is 9.32 Å². The molecule has 146 valence electrons. The van der Waals surface area contributed by atoms with Crippen LogP contribution in [-0.4, -0.2) is 52.4 Å². The van der Waals surface area contributed by atoms with Crippen LogP contribution in [0.5, 0.6) is 0 Å². The summed E-state index contributed by atoms with van der Waals surface area (Å²) in [7, 11) is 0. The van der Waals surface area contributed by atoms with Crippen LogP contribution in [0, 0.1) is 5.82 Å². The molecule has 0 bridgehead atoms. The van der Waals surface area contributed by atoms with Crippen molar-refractivity contribution in [2.75, 3.05) is 37.6 Å². The molecule has 0 spiro atoms. The number of rotatable bonds is 4. The fourth-order valence-electron chi connectivity index (χ4n) is 4.02. The molecule has 1 aromatic carbocycles. The van der Waals surface area contributed by atoms with Gasteiger partial charge in [-0.3, -0.25) is 9.69 Å². The Morgan fingerprint density at radius 3 is 2.79 bits per heavy atom. The third-order valence-electron chi connectivity index (χ3n) is 5.63. The molecule has 0 N–H and O–H groups in total. The SMILES string of the molecule is O=c1cc2c(nn1CCN1CCN(c3nc4ccc(F)cc4o3)CC1)CCC2. The average Bonchev–Trinajstić information content (AvgIpc) is 3.32. The van der Waals surface area contributed by atoms with Crippen LogP contribution in [0.2, 0.25) is 0 Å². The number of aromatic nitrogens is 3. The van der Waals surface area contributed by atoms with Crippen molar-refractivity contribution in [1.29, 1.82) is 0 Å². The van der Waals surface area contributed by atoms with E-state index in [1.807, 2.05) is 0 Å². The predicted molar refractivity (Wildman–Crippen MR) is 103 cm³/mol. The molecule has 0 radical (unpaired) electrons. The number of oxazole rings is 1. The Balaban J connectivity index is 1.20. The van der Waals surface area contributed by atoms with Gasteiger partial charge >= 0.3 is 0 Å². The van der Waals surface area contributed by atoms with Gasteiger partial charge in [0.2, 0.25) is 0 Å². The first kappa shape index (κ1) is 17.4. The largest absolute Gasteiger partial charge is 0.423 e. The van der Waals surface area contributed by atoms with Crippen molar-refractivity contribution in [2.45, 2.75) is 25.8 Å². The molecule has 1 saturated heterocycles. The van der Waals surface area contributed by atoms with Crippen molar-refractivity contribution < 1.29 is 8.81 Å². The van der Waals surface area contributed by atoms with Crippen molar-refractivity contribution in [3.05, 3.63) is 51.7 Å². The zero-order valence-electron chi connectivity index (χ0n) is 15.6. The highest BCUT2D eigenvalue weighted by molar-refractivity contribution is 5.74. The number of aryl methyl sites for hydroxylation is 2. The van der Waals surface area contributed by atoms with Crippen LogP contribution >= 0.6 is 0 Å². The van der Waals surface area contributed by atoms with Gasteiger partial charge in [0.1, 0.15) is 11.3 Å². The van der Waals surface area contributed by atoms with E-state index >= 15 is 0 Å². The number of fused-ring (bicyclic) bond motifs is 2. The third kappa shape index (κ3) is 3.28. The molecule has 3 heterocycles. The van der Waals surface area contributed by atoms with Crippen molar-refractivity contribution in [1.82, 2.24) is 19.7 Å². The maximum atomic E-state index is 13.3. The summed E-state index contributed by atoms with van der Waals surface area (Å²) in [6, 6.07) is 6.68. The maximum Gasteiger partial charge on any atom is 0.298 e. The van der Waals surface area contributed by atoms with Gasteiger partial charge in [0, 0.05) is 44.9 Å². The Hall–Kier alpha value is -2.74. The number of hydrogen-bond donors (Lipinski definition) is 0. The average molecular weight is 383 g/mol. The number of anilines is 1. The molecular formula is C20H22FN5O2. The van der Waals surface area contributed by atoms with E-state index in [9.17, 15) is 9.18 Å². The molecule has 7 nitrogen and oxygen atoms in total. The van der Waals surface area contributed by atoms with E-state index in [0.29, 0.717) is 23.7 Å². The van der Waals surface area contributed by atoms with E-state index in [0.717, 1.165) is 63.2 Å². The number of piperazine rings is 1. The summed E-state index contributed by atoms with van der Waals surface area (Å²) in [6.45, 7) is 4.66. The quantitative estimate of drug-likeness (QED) is 0.685. The van der Waals surface area contributed by atoms with Crippen LogP contribution in [0.15, 0.2) is 33.5 Å². The highest BCUT2D eigenvalue weighted by Gasteiger charge is 2.22. The second-order valence-electron chi connectivity index (χ2n) is 7.47. The monoisotopic (exact) mass is 383 g/mol. The molecular weight excluding hydrogens is 361 g/mol. The molecule has 8 heteroatoms. The van der Waals surface area contributed by atoms with E-state index in [4.69, 9.17) is 4.42 Å². The summed E-state index contributed by atoms with van der Waals surface area (Å²) < 4.78 is 20.6. The Kier molecular flexibility index (Phi) is 4.35. The van der Waals surface area contributed by atoms with Gasteiger partial charge in [-0.25, -0.2) is 9.07 Å². The van der Waals surface area contributed by atoms with Crippen molar-refractivity contribution >= 4 is 17.1 Å². The minimum Gasteiger partial charge on any atom is -0.423 e. The van der Waals surface area contributed by atoms with Gasteiger partial charge in [-0.05, 0) is 37.0 Å². The van der Waals surface area contributed by atoms with Crippen LogP contribution in [0.4, 0.5) is 10.4 Å². The summed E-state index contributed by atoms with van der Waals surface area (Å²) in [5.41, 5.74) is 3.34. The smallest absolute Gasteiger partial charge is 0.298 e. The van der Waals surface area contributed by atoms with Gasteiger partial charge in [-0.1, -0.05) is 0 Å². The zero-order valence-corrected chi connectivity index (χ0v) is 15.6. The van der Waals surface area contributed by atoms with Crippen LogP contribution in [0.1, 0.15) is 17.7 Å². The normalized spacial score (nSPS) is 17.4. The molecule has 0 atom stereocenters. The Labute approximate surface area is 161 Å². The standard InChI is InChI=1S/C20H22FN5O2/c21-15-4-5-17-18(13-15)28-20(22-17)25-9-6-24(7-10-25)8-11-26-19(27)12-14-2-1-3-16(14)23-26/h4-5,12-13H,1-3,6-11H2. The highest BCUT2D eigenvalue weighted by atomic mass is 19.1. The van der Waals surface area contributed by atoms with Crippen LogP contribution in [0.25, 0.3) is 11.1 Å². The lowest BCUT2D eigenvalue weighted by Gasteiger charge is -2.33. The predicted octanol–water partition coefficient (Wildman–Crippen LogP) is 1.83. The van der Waals surface area contributed by atoms with Crippen molar-refractivity contribution in [3.8, 4) is 0 Å². The van der Waals surface area contributed by atoms with E-state index in [2.05, 4.69) is 19.9 Å². The molecule has 1 fully saturated rings. The third-order valence-corrected chi connectivity index (χ3v) is 5.63. The molecule has 1 aliphatic heterocycles. The van der Waals surface area contributed by atoms with Gasteiger partial charge in [0.15, 0.2) is 5.58 Å². The lowest BCUT2D eigenvalue weighted by Crippen LogP contribution is -2.47. The molecule has 0 unspecified atom stereocenters. The maximum absolute atomic E-state index is 13.3. The number of hydrogen-bond acceptors (Lipinski definition) is 6. The number of benzene rings is 1. The molecule has 2 aromatic heterocycles. The Morgan fingerprint density at radius 2 is 1.93 bits per heavy atom. The molecule has 1 aliphatic carbocycles. The summed E-state index contributed by atoms with van der Waals surface area (Å²) >= 11 is 0. The van der Waals surface area contributed by atoms with E-state index in [1.165, 1.54) is 12.1 Å². The Morgan fingerprint density at radius 1 is 1.07 bits per heavy atom. The lowest BCUT2D eigenvalue weighted by molar-refractivity contribution is 0.238. The molecule has 2 aliphatic rings. The zero-order chi connectivity index (χ0) is 19.1. The fraction of sp³-hybridized carbons (Fsp3) is 0.450. The molecule has 0 amide bonds. The van der Waals surface area contributed by atoms with Gasteiger partial charge in [0.05, 0.1) is 12.2 Å². The molecule has 28 heavy (non-hydrogen) atoms. The highest BCUT2D eigenvalue weighted by Crippen LogP contribution is 2.23. The lowest BCUT2D eigenvalue weighted by atomic mass is 10.2. The molecule has 3 aromatic rings. The van der Waals surface area contributed by atoms with Crippen molar-refractivity contribution in [3.63, 3.8) is 0 Å². The molecule has 5 rings (SSSR count). The van der Waals surface area contributed by atoms with Gasteiger partial charge in [-0.2, -0.15) is 10.1 Å². The van der Waals surface area contributed by atoms with Crippen LogP contribution in [-0.2, 0) is 19.4 Å². The van der Waals surface area contributed by atoms with E-state index in [1.54, 1.807) is 16.8 Å². The van der Waals surface area contributed by atoms with E-state index in [-0.39, 0.29) is 11.4 Å². The Bertz CT molecular complexity index is 1070. The summed E-state index contributed by atoms with van der Waals surface area (Å²) in [6.07, 6.45) is 3.04. The van der Waals surface area contributed by atoms with E-state index < -0.39 is 0 Å². The topological polar surface area (TPSA) is 67.4 Å². The van der Waals surface area contributed by atoms with Crippen LogP contribution < -0.4 is 10.5 Å². The fourth-order valence-corrected chi connectivity index (χ4v) is 4.02. The second kappa shape index (κ2) is 7.01. The van der Waals surface area contributed by atoms with Crippen LogP contribution in [0.3, 0.4) is 0 Å². The van der Waals surface area contributed by atoms with Crippen molar-refractivity contribution in [2.24, 2.45) is 0 Å². The van der Waals surface area contributed by atoms with Gasteiger partial charge in [-0.15, -0.1) is 0 Å². The summed E-state index contributed by atoms with van der Waals surface area (Å²) in [4.78, 5) is 21.1. The first-order chi connectivity index (χ1) is 13.7. The number of halogens is 1. The first-order valence-corrected chi connectivity index (χ1v) is 9.79. The minimum atomic E-state index is -0.324.